The van der Waals surface area contributed by atoms with Crippen molar-refractivity contribution in [3.63, 3.8) is 0 Å². The molecule has 0 fully saturated rings. The van der Waals surface area contributed by atoms with E-state index in [1.807, 2.05) is 6.92 Å². The predicted octanol–water partition coefficient (Wildman–Crippen LogP) is 2.97. The standard InChI is InChI=1S/C13H17N3O2S/c1-13(10-14,15-2)8-5-9-19-12-7-4-3-6-11(12)16(17)18/h3-4,6-7,15H,5,8-9H2,1-2H3. The number of thioether (sulfide) groups is 1. The Bertz CT molecular complexity index is 487. The lowest BCUT2D eigenvalue weighted by molar-refractivity contribution is -0.387. The number of nitrogens with zero attached hydrogens (tertiary/aromatic N) is 2. The zero-order valence-electron chi connectivity index (χ0n) is 11.0. The first kappa shape index (κ1) is 15.5. The predicted molar refractivity (Wildman–Crippen MR) is 76.1 cm³/mol. The van der Waals surface area contributed by atoms with Gasteiger partial charge in [0, 0.05) is 6.07 Å². The van der Waals surface area contributed by atoms with E-state index in [0.29, 0.717) is 11.3 Å². The Morgan fingerprint density at radius 3 is 2.79 bits per heavy atom. The van der Waals surface area contributed by atoms with E-state index in [9.17, 15) is 10.1 Å². The molecular weight excluding hydrogens is 262 g/mol. The minimum Gasteiger partial charge on any atom is -0.303 e. The van der Waals surface area contributed by atoms with Gasteiger partial charge < -0.3 is 5.32 Å². The maximum absolute atomic E-state index is 10.8. The van der Waals surface area contributed by atoms with Gasteiger partial charge in [-0.3, -0.25) is 10.1 Å². The summed E-state index contributed by atoms with van der Waals surface area (Å²) in [6.45, 7) is 1.85. The van der Waals surface area contributed by atoms with E-state index in [-0.39, 0.29) is 10.6 Å². The molecule has 0 saturated carbocycles. The normalized spacial score (nSPS) is 13.5. The summed E-state index contributed by atoms with van der Waals surface area (Å²) in [4.78, 5) is 11.2. The highest BCUT2D eigenvalue weighted by Crippen LogP contribution is 2.29. The summed E-state index contributed by atoms with van der Waals surface area (Å²) in [5.41, 5.74) is -0.382. The Balaban J connectivity index is 2.51. The summed E-state index contributed by atoms with van der Waals surface area (Å²) in [7, 11) is 1.76. The van der Waals surface area contributed by atoms with Crippen molar-refractivity contribution < 1.29 is 4.92 Å². The number of para-hydroxylation sites is 1. The first-order valence-corrected chi connectivity index (χ1v) is 6.97. The van der Waals surface area contributed by atoms with Crippen molar-refractivity contribution in [2.75, 3.05) is 12.8 Å². The Labute approximate surface area is 117 Å². The molecular formula is C13H17N3O2S. The van der Waals surface area contributed by atoms with Gasteiger partial charge in [-0.2, -0.15) is 5.26 Å². The summed E-state index contributed by atoms with van der Waals surface area (Å²) in [6.07, 6.45) is 1.54. The highest BCUT2D eigenvalue weighted by molar-refractivity contribution is 7.99. The van der Waals surface area contributed by atoms with Gasteiger partial charge in [-0.15, -0.1) is 11.8 Å². The average molecular weight is 279 g/mol. The second-order valence-electron chi connectivity index (χ2n) is 4.37. The van der Waals surface area contributed by atoms with Crippen LogP contribution in [0.15, 0.2) is 29.2 Å². The molecule has 102 valence electrons. The van der Waals surface area contributed by atoms with Crippen LogP contribution in [0, 0.1) is 21.4 Å². The van der Waals surface area contributed by atoms with Crippen molar-refractivity contribution in [2.45, 2.75) is 30.2 Å². The molecule has 19 heavy (non-hydrogen) atoms. The number of nitriles is 1. The number of nitro groups is 1. The largest absolute Gasteiger partial charge is 0.303 e. The van der Waals surface area contributed by atoms with Crippen molar-refractivity contribution in [1.29, 1.82) is 5.26 Å². The van der Waals surface area contributed by atoms with Gasteiger partial charge in [0.2, 0.25) is 0 Å². The highest BCUT2D eigenvalue weighted by atomic mass is 32.2. The van der Waals surface area contributed by atoms with Gasteiger partial charge in [0.15, 0.2) is 0 Å². The van der Waals surface area contributed by atoms with Crippen LogP contribution in [-0.4, -0.2) is 23.3 Å². The number of nitro benzene ring substituents is 1. The van der Waals surface area contributed by atoms with Gasteiger partial charge in [-0.1, -0.05) is 12.1 Å². The summed E-state index contributed by atoms with van der Waals surface area (Å²) in [6, 6.07) is 8.95. The molecule has 0 aliphatic carbocycles. The van der Waals surface area contributed by atoms with Crippen molar-refractivity contribution in [3.8, 4) is 6.07 Å². The van der Waals surface area contributed by atoms with Crippen LogP contribution in [-0.2, 0) is 0 Å². The number of benzene rings is 1. The molecule has 1 unspecified atom stereocenters. The third-order valence-corrected chi connectivity index (χ3v) is 4.09. The van der Waals surface area contributed by atoms with E-state index in [0.717, 1.165) is 12.2 Å². The molecule has 1 aromatic rings. The molecule has 1 aromatic carbocycles. The number of hydrogen-bond donors (Lipinski definition) is 1. The summed E-state index contributed by atoms with van der Waals surface area (Å²) in [5.74, 6) is 0.754. The van der Waals surface area contributed by atoms with Gasteiger partial charge in [0.05, 0.1) is 15.9 Å². The molecule has 0 aliphatic rings. The topological polar surface area (TPSA) is 79.0 Å². The molecule has 1 rings (SSSR count). The van der Waals surface area contributed by atoms with Crippen LogP contribution in [0.2, 0.25) is 0 Å². The minimum absolute atomic E-state index is 0.143. The first-order chi connectivity index (χ1) is 9.02. The molecule has 0 heterocycles. The lowest BCUT2D eigenvalue weighted by Gasteiger charge is -2.20. The molecule has 6 heteroatoms. The Morgan fingerprint density at radius 2 is 2.21 bits per heavy atom. The van der Waals surface area contributed by atoms with E-state index in [4.69, 9.17) is 5.26 Å². The number of hydrogen-bond acceptors (Lipinski definition) is 5. The molecule has 1 N–H and O–H groups in total. The van der Waals surface area contributed by atoms with E-state index in [1.54, 1.807) is 25.2 Å². The lowest BCUT2D eigenvalue weighted by Crippen LogP contribution is -2.37. The smallest absolute Gasteiger partial charge is 0.282 e. The molecule has 0 amide bonds. The lowest BCUT2D eigenvalue weighted by atomic mass is 9.99. The molecule has 0 bridgehead atoms. The summed E-state index contributed by atoms with van der Waals surface area (Å²) >= 11 is 1.46. The zero-order valence-corrected chi connectivity index (χ0v) is 11.9. The van der Waals surface area contributed by atoms with Crippen molar-refractivity contribution in [3.05, 3.63) is 34.4 Å². The van der Waals surface area contributed by atoms with Gasteiger partial charge in [0.1, 0.15) is 5.54 Å². The minimum atomic E-state index is -0.525. The Kier molecular flexibility index (Phi) is 5.80. The average Bonchev–Trinajstić information content (AvgIpc) is 2.43. The Morgan fingerprint density at radius 1 is 1.53 bits per heavy atom. The SMILES string of the molecule is CNC(C)(C#N)CCCSc1ccccc1[N+](=O)[O-]. The third-order valence-electron chi connectivity index (χ3n) is 2.94. The molecule has 0 radical (unpaired) electrons. The summed E-state index contributed by atoms with van der Waals surface area (Å²) < 4.78 is 0. The maximum Gasteiger partial charge on any atom is 0.282 e. The molecule has 0 aliphatic heterocycles. The van der Waals surface area contributed by atoms with Gasteiger partial charge in [-0.05, 0) is 38.6 Å². The fourth-order valence-electron chi connectivity index (χ4n) is 1.57. The van der Waals surface area contributed by atoms with Crippen LogP contribution >= 0.6 is 11.8 Å². The number of nitrogens with one attached hydrogen (secondary N) is 1. The molecule has 0 spiro atoms. The maximum atomic E-state index is 10.8. The van der Waals surface area contributed by atoms with Crippen molar-refractivity contribution in [1.82, 2.24) is 5.32 Å². The van der Waals surface area contributed by atoms with Crippen LogP contribution in [0.4, 0.5) is 5.69 Å². The van der Waals surface area contributed by atoms with Crippen LogP contribution in [0.5, 0.6) is 0 Å². The molecule has 0 saturated heterocycles. The van der Waals surface area contributed by atoms with Gasteiger partial charge in [-0.25, -0.2) is 0 Å². The Hall–Kier alpha value is -1.58. The van der Waals surface area contributed by atoms with Crippen LogP contribution in [0.3, 0.4) is 0 Å². The van der Waals surface area contributed by atoms with Crippen molar-refractivity contribution in [2.24, 2.45) is 0 Å². The fraction of sp³-hybridized carbons (Fsp3) is 0.462. The molecule has 5 nitrogen and oxygen atoms in total. The number of rotatable bonds is 7. The van der Waals surface area contributed by atoms with Gasteiger partial charge in [0.25, 0.3) is 5.69 Å². The van der Waals surface area contributed by atoms with Crippen LogP contribution < -0.4 is 5.32 Å². The fourth-order valence-corrected chi connectivity index (χ4v) is 2.55. The monoisotopic (exact) mass is 279 g/mol. The second-order valence-corrected chi connectivity index (χ2v) is 5.51. The first-order valence-electron chi connectivity index (χ1n) is 5.99. The van der Waals surface area contributed by atoms with E-state index in [1.165, 1.54) is 17.8 Å². The highest BCUT2D eigenvalue weighted by Gasteiger charge is 2.20. The third kappa shape index (κ3) is 4.54. The van der Waals surface area contributed by atoms with E-state index < -0.39 is 5.54 Å². The van der Waals surface area contributed by atoms with Crippen LogP contribution in [0.1, 0.15) is 19.8 Å². The molecule has 1 atom stereocenters. The molecule has 0 aromatic heterocycles. The second kappa shape index (κ2) is 7.12. The van der Waals surface area contributed by atoms with Gasteiger partial charge >= 0.3 is 0 Å². The van der Waals surface area contributed by atoms with E-state index in [2.05, 4.69) is 11.4 Å². The van der Waals surface area contributed by atoms with E-state index >= 15 is 0 Å². The van der Waals surface area contributed by atoms with Crippen molar-refractivity contribution >= 4 is 17.4 Å². The van der Waals surface area contributed by atoms with Crippen LogP contribution in [0.25, 0.3) is 0 Å². The zero-order chi connectivity index (χ0) is 14.3. The summed E-state index contributed by atoms with van der Waals surface area (Å²) in [5, 5.41) is 22.8. The quantitative estimate of drug-likeness (QED) is 0.359.